The lowest BCUT2D eigenvalue weighted by atomic mass is 10.1. The second-order valence-corrected chi connectivity index (χ2v) is 5.39. The number of carbonyl (C=O) groups excluding carboxylic acids is 1. The van der Waals surface area contributed by atoms with E-state index in [-0.39, 0.29) is 5.91 Å². The van der Waals surface area contributed by atoms with Gasteiger partial charge in [0.25, 0.3) is 5.91 Å². The normalized spacial score (nSPS) is 10.5. The Balaban J connectivity index is 1.53. The summed E-state index contributed by atoms with van der Waals surface area (Å²) in [6, 6.07) is 17.3. The summed E-state index contributed by atoms with van der Waals surface area (Å²) in [5.74, 6) is 0.549. The Hall–Kier alpha value is -2.92. The van der Waals surface area contributed by atoms with Crippen molar-refractivity contribution in [3.05, 3.63) is 77.7 Å². The molecule has 1 amide bonds. The van der Waals surface area contributed by atoms with Gasteiger partial charge in [-0.15, -0.1) is 0 Å². The Kier molecular flexibility index (Phi) is 5.03. The molecular formula is C19H19N3O2. The average molecular weight is 321 g/mol. The van der Waals surface area contributed by atoms with Gasteiger partial charge < -0.3 is 15.1 Å². The quantitative estimate of drug-likeness (QED) is 0.732. The Morgan fingerprint density at radius 2 is 1.79 bits per heavy atom. The van der Waals surface area contributed by atoms with Crippen molar-refractivity contribution in [2.24, 2.45) is 0 Å². The van der Waals surface area contributed by atoms with Crippen molar-refractivity contribution in [2.75, 3.05) is 7.05 Å². The van der Waals surface area contributed by atoms with Crippen molar-refractivity contribution in [2.45, 2.75) is 13.1 Å². The highest BCUT2D eigenvalue weighted by Gasteiger charge is 2.06. The minimum atomic E-state index is -0.0782. The highest BCUT2D eigenvalue weighted by atomic mass is 16.3. The van der Waals surface area contributed by atoms with Crippen molar-refractivity contribution in [1.29, 1.82) is 0 Å². The van der Waals surface area contributed by atoms with Gasteiger partial charge in [-0.05, 0) is 29.8 Å². The molecule has 0 atom stereocenters. The van der Waals surface area contributed by atoms with Crippen LogP contribution >= 0.6 is 0 Å². The molecule has 0 aliphatic carbocycles. The van der Waals surface area contributed by atoms with E-state index in [1.54, 1.807) is 13.3 Å². The van der Waals surface area contributed by atoms with Gasteiger partial charge in [0.1, 0.15) is 6.26 Å². The maximum absolute atomic E-state index is 11.5. The van der Waals surface area contributed by atoms with Crippen LogP contribution in [0.2, 0.25) is 0 Å². The van der Waals surface area contributed by atoms with Gasteiger partial charge in [-0.25, -0.2) is 4.98 Å². The molecule has 5 heteroatoms. The Labute approximate surface area is 140 Å². The summed E-state index contributed by atoms with van der Waals surface area (Å²) in [5, 5.41) is 5.93. The van der Waals surface area contributed by atoms with E-state index in [4.69, 9.17) is 4.42 Å². The molecule has 0 aliphatic rings. The number of aromatic nitrogens is 1. The number of oxazole rings is 1. The highest BCUT2D eigenvalue weighted by molar-refractivity contribution is 5.93. The Morgan fingerprint density at radius 1 is 1.04 bits per heavy atom. The SMILES string of the molecule is CNC(=O)c1ccc(CNCc2coc(-c3ccccc3)n2)cc1. The largest absolute Gasteiger partial charge is 0.444 e. The first-order chi connectivity index (χ1) is 11.8. The van der Waals surface area contributed by atoms with Gasteiger partial charge in [-0.2, -0.15) is 0 Å². The standard InChI is InChI=1S/C19H19N3O2/c1-20-18(23)15-9-7-14(8-10-15)11-21-12-17-13-24-19(22-17)16-5-3-2-4-6-16/h2-10,13,21H,11-12H2,1H3,(H,20,23). The number of nitrogens with one attached hydrogen (secondary N) is 2. The molecule has 0 saturated carbocycles. The van der Waals surface area contributed by atoms with Gasteiger partial charge in [0.2, 0.25) is 5.89 Å². The molecule has 0 saturated heterocycles. The first kappa shape index (κ1) is 16.0. The summed E-state index contributed by atoms with van der Waals surface area (Å²) < 4.78 is 5.51. The summed E-state index contributed by atoms with van der Waals surface area (Å²) in [4.78, 5) is 16.0. The second kappa shape index (κ2) is 7.57. The zero-order valence-corrected chi connectivity index (χ0v) is 13.5. The Bertz CT molecular complexity index is 795. The lowest BCUT2D eigenvalue weighted by Gasteiger charge is -2.04. The number of benzene rings is 2. The molecule has 1 aromatic heterocycles. The van der Waals surface area contributed by atoms with Crippen molar-refractivity contribution >= 4 is 5.91 Å². The van der Waals surface area contributed by atoms with Gasteiger partial charge in [0.05, 0.1) is 5.69 Å². The van der Waals surface area contributed by atoms with Gasteiger partial charge in [0.15, 0.2) is 0 Å². The van der Waals surface area contributed by atoms with Crippen LogP contribution in [0, 0.1) is 0 Å². The molecule has 1 heterocycles. The van der Waals surface area contributed by atoms with E-state index >= 15 is 0 Å². The summed E-state index contributed by atoms with van der Waals surface area (Å²) in [6.07, 6.45) is 1.67. The molecule has 2 aromatic carbocycles. The van der Waals surface area contributed by atoms with E-state index in [0.29, 0.717) is 24.5 Å². The summed E-state index contributed by atoms with van der Waals surface area (Å²) in [7, 11) is 1.62. The van der Waals surface area contributed by atoms with Crippen LogP contribution in [0.25, 0.3) is 11.5 Å². The fourth-order valence-corrected chi connectivity index (χ4v) is 2.35. The third kappa shape index (κ3) is 3.88. The molecule has 5 nitrogen and oxygen atoms in total. The topological polar surface area (TPSA) is 67.2 Å². The molecular weight excluding hydrogens is 302 g/mol. The predicted molar refractivity (Wildman–Crippen MR) is 92.3 cm³/mol. The van der Waals surface area contributed by atoms with Gasteiger partial charge in [-0.1, -0.05) is 30.3 Å². The summed E-state index contributed by atoms with van der Waals surface area (Å²) in [6.45, 7) is 1.31. The molecule has 24 heavy (non-hydrogen) atoms. The van der Waals surface area contributed by atoms with Crippen LogP contribution < -0.4 is 10.6 Å². The third-order valence-corrected chi connectivity index (χ3v) is 3.65. The minimum Gasteiger partial charge on any atom is -0.444 e. The first-order valence-corrected chi connectivity index (χ1v) is 7.78. The highest BCUT2D eigenvalue weighted by Crippen LogP contribution is 2.17. The zero-order chi connectivity index (χ0) is 16.8. The van der Waals surface area contributed by atoms with Crippen LogP contribution in [-0.4, -0.2) is 17.9 Å². The Morgan fingerprint density at radius 3 is 2.50 bits per heavy atom. The fraction of sp³-hybridized carbons (Fsp3) is 0.158. The number of rotatable bonds is 6. The average Bonchev–Trinajstić information content (AvgIpc) is 3.11. The van der Waals surface area contributed by atoms with E-state index in [0.717, 1.165) is 16.8 Å². The molecule has 2 N–H and O–H groups in total. The van der Waals surface area contributed by atoms with E-state index in [2.05, 4.69) is 15.6 Å². The summed E-state index contributed by atoms with van der Waals surface area (Å²) in [5.41, 5.74) is 3.59. The molecule has 0 aliphatic heterocycles. The van der Waals surface area contributed by atoms with Crippen LogP contribution in [0.4, 0.5) is 0 Å². The van der Waals surface area contributed by atoms with Crippen molar-refractivity contribution in [1.82, 2.24) is 15.6 Å². The van der Waals surface area contributed by atoms with Gasteiger partial charge >= 0.3 is 0 Å². The number of amides is 1. The molecule has 3 aromatic rings. The second-order valence-electron chi connectivity index (χ2n) is 5.39. The van der Waals surface area contributed by atoms with Crippen molar-refractivity contribution < 1.29 is 9.21 Å². The molecule has 0 spiro atoms. The maximum Gasteiger partial charge on any atom is 0.251 e. The third-order valence-electron chi connectivity index (χ3n) is 3.65. The molecule has 0 fully saturated rings. The summed E-state index contributed by atoms with van der Waals surface area (Å²) >= 11 is 0. The van der Waals surface area contributed by atoms with Crippen molar-refractivity contribution in [3.63, 3.8) is 0 Å². The first-order valence-electron chi connectivity index (χ1n) is 7.78. The monoisotopic (exact) mass is 321 g/mol. The lowest BCUT2D eigenvalue weighted by Crippen LogP contribution is -2.18. The molecule has 0 bridgehead atoms. The van der Waals surface area contributed by atoms with E-state index in [1.807, 2.05) is 54.6 Å². The molecule has 0 unspecified atom stereocenters. The van der Waals surface area contributed by atoms with E-state index in [9.17, 15) is 4.79 Å². The van der Waals surface area contributed by atoms with Crippen LogP contribution in [0.3, 0.4) is 0 Å². The van der Waals surface area contributed by atoms with Crippen LogP contribution in [0.5, 0.6) is 0 Å². The van der Waals surface area contributed by atoms with Crippen LogP contribution in [-0.2, 0) is 13.1 Å². The van der Waals surface area contributed by atoms with Crippen LogP contribution in [0.15, 0.2) is 65.3 Å². The van der Waals surface area contributed by atoms with Gasteiger partial charge in [0, 0.05) is 31.3 Å². The number of hydrogen-bond donors (Lipinski definition) is 2. The zero-order valence-electron chi connectivity index (χ0n) is 13.5. The van der Waals surface area contributed by atoms with Gasteiger partial charge in [-0.3, -0.25) is 4.79 Å². The smallest absolute Gasteiger partial charge is 0.251 e. The van der Waals surface area contributed by atoms with E-state index < -0.39 is 0 Å². The lowest BCUT2D eigenvalue weighted by molar-refractivity contribution is 0.0963. The minimum absolute atomic E-state index is 0.0782. The number of nitrogens with zero attached hydrogens (tertiary/aromatic N) is 1. The predicted octanol–water partition coefficient (Wildman–Crippen LogP) is 2.99. The maximum atomic E-state index is 11.5. The fourth-order valence-electron chi connectivity index (χ4n) is 2.35. The molecule has 3 rings (SSSR count). The number of carbonyl (C=O) groups is 1. The van der Waals surface area contributed by atoms with Crippen molar-refractivity contribution in [3.8, 4) is 11.5 Å². The van der Waals surface area contributed by atoms with E-state index in [1.165, 1.54) is 0 Å². The van der Waals surface area contributed by atoms with Crippen LogP contribution in [0.1, 0.15) is 21.6 Å². The number of hydrogen-bond acceptors (Lipinski definition) is 4. The molecule has 122 valence electrons. The molecule has 0 radical (unpaired) electrons.